The number of nitrogens with zero attached hydrogens (tertiary/aromatic N) is 2. The quantitative estimate of drug-likeness (QED) is 0.739. The summed E-state index contributed by atoms with van der Waals surface area (Å²) in [4.78, 5) is 30.6. The Bertz CT molecular complexity index is 710. The first-order chi connectivity index (χ1) is 12.2. The van der Waals surface area contributed by atoms with Crippen LogP contribution >= 0.6 is 11.3 Å². The zero-order valence-electron chi connectivity index (χ0n) is 14.6. The summed E-state index contributed by atoms with van der Waals surface area (Å²) in [7, 11) is 0. The number of carbonyl (C=O) groups excluding carboxylic acids is 2. The normalized spacial score (nSPS) is 17.6. The molecular formula is C19H24N2O3S. The molecule has 1 fully saturated rings. The zero-order valence-corrected chi connectivity index (χ0v) is 15.4. The van der Waals surface area contributed by atoms with Crippen molar-refractivity contribution in [3.8, 4) is 0 Å². The van der Waals surface area contributed by atoms with Crippen LogP contribution in [0, 0.1) is 0 Å². The monoisotopic (exact) mass is 360 g/mol. The molecule has 1 aromatic carbocycles. The van der Waals surface area contributed by atoms with Crippen LogP contribution in [0.2, 0.25) is 0 Å². The van der Waals surface area contributed by atoms with Crippen molar-refractivity contribution in [3.63, 3.8) is 0 Å². The molecule has 0 N–H and O–H groups in total. The summed E-state index contributed by atoms with van der Waals surface area (Å²) in [5, 5.41) is 0.923. The molecule has 2 heterocycles. The number of likely N-dealkylation sites (tertiary alicyclic amines) is 1. The Morgan fingerprint density at radius 2 is 2.16 bits per heavy atom. The predicted octanol–water partition coefficient (Wildman–Crippen LogP) is 3.56. The van der Waals surface area contributed by atoms with Crippen molar-refractivity contribution in [2.24, 2.45) is 0 Å². The van der Waals surface area contributed by atoms with Gasteiger partial charge in [0, 0.05) is 19.0 Å². The molecule has 1 atom stereocenters. The van der Waals surface area contributed by atoms with Crippen LogP contribution in [0.5, 0.6) is 0 Å². The fourth-order valence-corrected chi connectivity index (χ4v) is 4.25. The number of benzene rings is 1. The molecule has 0 bridgehead atoms. The number of para-hydroxylation sites is 1. The van der Waals surface area contributed by atoms with Crippen molar-refractivity contribution in [1.82, 2.24) is 9.88 Å². The van der Waals surface area contributed by atoms with Crippen molar-refractivity contribution in [3.05, 3.63) is 29.3 Å². The first-order valence-corrected chi connectivity index (χ1v) is 9.78. The van der Waals surface area contributed by atoms with Gasteiger partial charge >= 0.3 is 5.97 Å². The van der Waals surface area contributed by atoms with E-state index in [1.165, 1.54) is 6.42 Å². The fraction of sp³-hybridized carbons (Fsp3) is 0.526. The number of aryl methyl sites for hydroxylation is 1. The topological polar surface area (TPSA) is 59.5 Å². The highest BCUT2D eigenvalue weighted by Crippen LogP contribution is 2.22. The largest absolute Gasteiger partial charge is 0.456 e. The molecule has 5 nitrogen and oxygen atoms in total. The third-order valence-corrected chi connectivity index (χ3v) is 5.75. The van der Waals surface area contributed by atoms with Gasteiger partial charge in [0.05, 0.1) is 21.6 Å². The summed E-state index contributed by atoms with van der Waals surface area (Å²) < 4.78 is 6.31. The summed E-state index contributed by atoms with van der Waals surface area (Å²) >= 11 is 1.60. The van der Waals surface area contributed by atoms with Gasteiger partial charge in [-0.25, -0.2) is 4.98 Å². The van der Waals surface area contributed by atoms with Crippen LogP contribution in [0.1, 0.15) is 44.0 Å². The van der Waals surface area contributed by atoms with Gasteiger partial charge in [0.15, 0.2) is 6.61 Å². The number of fused-ring (bicyclic) bond motifs is 1. The van der Waals surface area contributed by atoms with Crippen LogP contribution in [-0.4, -0.2) is 41.0 Å². The molecule has 1 aliphatic rings. The Hall–Kier alpha value is -1.95. The van der Waals surface area contributed by atoms with Gasteiger partial charge in [-0.2, -0.15) is 0 Å². The van der Waals surface area contributed by atoms with Gasteiger partial charge in [0.25, 0.3) is 5.91 Å². The molecular weight excluding hydrogens is 336 g/mol. The van der Waals surface area contributed by atoms with Crippen molar-refractivity contribution in [2.45, 2.75) is 51.5 Å². The highest BCUT2D eigenvalue weighted by molar-refractivity contribution is 7.18. The summed E-state index contributed by atoms with van der Waals surface area (Å²) in [5.41, 5.74) is 0.960. The lowest BCUT2D eigenvalue weighted by atomic mass is 10.00. The van der Waals surface area contributed by atoms with E-state index in [1.54, 1.807) is 11.3 Å². The van der Waals surface area contributed by atoms with Crippen LogP contribution in [0.15, 0.2) is 24.3 Å². The van der Waals surface area contributed by atoms with E-state index in [0.717, 1.165) is 41.0 Å². The predicted molar refractivity (Wildman–Crippen MR) is 98.5 cm³/mol. The lowest BCUT2D eigenvalue weighted by Crippen LogP contribution is -2.45. The number of carbonyl (C=O) groups is 2. The van der Waals surface area contributed by atoms with Crippen LogP contribution in [-0.2, 0) is 20.7 Å². The average Bonchev–Trinajstić information content (AvgIpc) is 3.07. The number of thiazole rings is 1. The van der Waals surface area contributed by atoms with Gasteiger partial charge in [-0.15, -0.1) is 11.3 Å². The fourth-order valence-electron chi connectivity index (χ4n) is 3.29. The Labute approximate surface area is 152 Å². The molecule has 3 rings (SSSR count). The molecule has 1 amide bonds. The van der Waals surface area contributed by atoms with Gasteiger partial charge < -0.3 is 9.64 Å². The van der Waals surface area contributed by atoms with Crippen molar-refractivity contribution < 1.29 is 14.3 Å². The van der Waals surface area contributed by atoms with Crippen LogP contribution in [0.4, 0.5) is 0 Å². The first-order valence-electron chi connectivity index (χ1n) is 8.97. The highest BCUT2D eigenvalue weighted by atomic mass is 32.1. The van der Waals surface area contributed by atoms with Crippen molar-refractivity contribution in [1.29, 1.82) is 0 Å². The van der Waals surface area contributed by atoms with Crippen molar-refractivity contribution in [2.75, 3.05) is 13.2 Å². The molecule has 134 valence electrons. The lowest BCUT2D eigenvalue weighted by Gasteiger charge is -2.35. The van der Waals surface area contributed by atoms with E-state index >= 15 is 0 Å². The number of hydrogen-bond acceptors (Lipinski definition) is 5. The van der Waals surface area contributed by atoms with E-state index in [9.17, 15) is 9.59 Å². The summed E-state index contributed by atoms with van der Waals surface area (Å²) in [5.74, 6) is -0.405. The maximum absolute atomic E-state index is 12.3. The van der Waals surface area contributed by atoms with E-state index in [1.807, 2.05) is 29.2 Å². The Kier molecular flexibility index (Phi) is 6.02. The molecule has 2 aromatic rings. The van der Waals surface area contributed by atoms with Gasteiger partial charge in [-0.05, 0) is 37.8 Å². The number of rotatable bonds is 6. The number of hydrogen-bond donors (Lipinski definition) is 0. The van der Waals surface area contributed by atoms with Crippen LogP contribution in [0.3, 0.4) is 0 Å². The Balaban J connectivity index is 1.45. The molecule has 1 aromatic heterocycles. The van der Waals surface area contributed by atoms with E-state index in [0.29, 0.717) is 12.5 Å². The minimum Gasteiger partial charge on any atom is -0.456 e. The molecule has 0 aliphatic carbocycles. The smallest absolute Gasteiger partial charge is 0.306 e. The maximum Gasteiger partial charge on any atom is 0.306 e. The maximum atomic E-state index is 12.3. The van der Waals surface area contributed by atoms with Crippen LogP contribution in [0.25, 0.3) is 10.2 Å². The number of amides is 1. The van der Waals surface area contributed by atoms with Gasteiger partial charge in [0.1, 0.15) is 0 Å². The minimum absolute atomic E-state index is 0.0695. The number of piperidine rings is 1. The summed E-state index contributed by atoms with van der Waals surface area (Å²) in [6.45, 7) is 2.73. The molecule has 0 spiro atoms. The minimum atomic E-state index is -0.335. The average molecular weight is 360 g/mol. The SMILES string of the molecule is CCC1CCCCN1C(=O)COC(=O)CCc1nc2ccccc2s1. The van der Waals surface area contributed by atoms with Gasteiger partial charge in [0.2, 0.25) is 0 Å². The second-order valence-corrected chi connectivity index (χ2v) is 7.50. The molecule has 1 aliphatic heterocycles. The molecule has 0 radical (unpaired) electrons. The molecule has 0 saturated carbocycles. The highest BCUT2D eigenvalue weighted by Gasteiger charge is 2.25. The second-order valence-electron chi connectivity index (χ2n) is 6.38. The third kappa shape index (κ3) is 4.57. The molecule has 1 unspecified atom stereocenters. The number of esters is 1. The molecule has 6 heteroatoms. The van der Waals surface area contributed by atoms with E-state index < -0.39 is 0 Å². The number of aromatic nitrogens is 1. The first kappa shape index (κ1) is 17.9. The Morgan fingerprint density at radius 1 is 1.32 bits per heavy atom. The summed E-state index contributed by atoms with van der Waals surface area (Å²) in [6.07, 6.45) is 5.01. The third-order valence-electron chi connectivity index (χ3n) is 4.66. The van der Waals surface area contributed by atoms with E-state index in [2.05, 4.69) is 11.9 Å². The Morgan fingerprint density at radius 3 is 2.96 bits per heavy atom. The standard InChI is InChI=1S/C19H24N2O3S/c1-2-14-7-5-6-12-21(14)18(22)13-24-19(23)11-10-17-20-15-8-3-4-9-16(15)25-17/h3-4,8-9,14H,2,5-7,10-13H2,1H3. The number of ether oxygens (including phenoxy) is 1. The summed E-state index contributed by atoms with van der Waals surface area (Å²) in [6, 6.07) is 8.22. The van der Waals surface area contributed by atoms with E-state index in [4.69, 9.17) is 4.74 Å². The second kappa shape index (κ2) is 8.43. The van der Waals surface area contributed by atoms with Gasteiger partial charge in [-0.3, -0.25) is 9.59 Å². The van der Waals surface area contributed by atoms with Crippen molar-refractivity contribution >= 4 is 33.4 Å². The van der Waals surface area contributed by atoms with E-state index in [-0.39, 0.29) is 24.9 Å². The molecule has 1 saturated heterocycles. The lowest BCUT2D eigenvalue weighted by molar-refractivity contribution is -0.153. The van der Waals surface area contributed by atoms with Crippen LogP contribution < -0.4 is 0 Å². The molecule has 25 heavy (non-hydrogen) atoms. The van der Waals surface area contributed by atoms with Gasteiger partial charge in [-0.1, -0.05) is 19.1 Å². The zero-order chi connectivity index (χ0) is 17.6.